The number of carbonyl (C=O) groups excluding carboxylic acids is 1. The van der Waals surface area contributed by atoms with Gasteiger partial charge in [-0.25, -0.2) is 0 Å². The predicted octanol–water partition coefficient (Wildman–Crippen LogP) is 2.75. The van der Waals surface area contributed by atoms with Crippen LogP contribution in [0.1, 0.15) is 17.5 Å². The number of carbonyl (C=O) groups is 1. The fourth-order valence-corrected chi connectivity index (χ4v) is 2.51. The summed E-state index contributed by atoms with van der Waals surface area (Å²) in [6.45, 7) is 0. The minimum absolute atomic E-state index is 0.238. The van der Waals surface area contributed by atoms with Crippen molar-refractivity contribution in [3.05, 3.63) is 33.8 Å². The van der Waals surface area contributed by atoms with Gasteiger partial charge in [0.1, 0.15) is 6.29 Å². The van der Waals surface area contributed by atoms with Crippen LogP contribution in [0.3, 0.4) is 0 Å². The van der Waals surface area contributed by atoms with Crippen molar-refractivity contribution < 1.29 is 4.79 Å². The van der Waals surface area contributed by atoms with E-state index in [1.54, 1.807) is 0 Å². The van der Waals surface area contributed by atoms with Gasteiger partial charge in [-0.15, -0.1) is 0 Å². The molecule has 1 atom stereocenters. The van der Waals surface area contributed by atoms with Gasteiger partial charge in [-0.05, 0) is 36.5 Å². The summed E-state index contributed by atoms with van der Waals surface area (Å²) in [5, 5.41) is 0. The molecule has 0 bridgehead atoms. The van der Waals surface area contributed by atoms with Crippen LogP contribution in [0.5, 0.6) is 0 Å². The van der Waals surface area contributed by atoms with Crippen molar-refractivity contribution in [1.82, 2.24) is 0 Å². The van der Waals surface area contributed by atoms with E-state index in [0.717, 1.165) is 25.5 Å². The van der Waals surface area contributed by atoms with Gasteiger partial charge in [0.05, 0.1) is 0 Å². The number of fused-ring (bicyclic) bond motifs is 1. The minimum atomic E-state index is 0.238. The Morgan fingerprint density at radius 2 is 2.31 bits per heavy atom. The molecule has 1 aliphatic rings. The maximum atomic E-state index is 10.6. The molecular formula is C11H11BrO. The molecule has 2 rings (SSSR count). The molecule has 0 aromatic heterocycles. The van der Waals surface area contributed by atoms with E-state index in [4.69, 9.17) is 0 Å². The third-order valence-electron chi connectivity index (χ3n) is 2.66. The molecule has 1 aromatic carbocycles. The highest BCUT2D eigenvalue weighted by atomic mass is 79.9. The zero-order valence-electron chi connectivity index (χ0n) is 7.29. The van der Waals surface area contributed by atoms with Gasteiger partial charge in [-0.3, -0.25) is 0 Å². The summed E-state index contributed by atoms with van der Waals surface area (Å²) in [6, 6.07) is 6.23. The van der Waals surface area contributed by atoms with Gasteiger partial charge in [-0.2, -0.15) is 0 Å². The summed E-state index contributed by atoms with van der Waals surface area (Å²) in [7, 11) is 0. The lowest BCUT2D eigenvalue weighted by molar-refractivity contribution is -0.111. The molecule has 0 saturated carbocycles. The summed E-state index contributed by atoms with van der Waals surface area (Å²) in [6.07, 6.45) is 4.03. The number of benzene rings is 1. The molecule has 0 fully saturated rings. The second-order valence-corrected chi connectivity index (χ2v) is 4.37. The molecular weight excluding hydrogens is 228 g/mol. The Hall–Kier alpha value is -0.630. The van der Waals surface area contributed by atoms with E-state index in [1.807, 2.05) is 6.07 Å². The maximum Gasteiger partial charge on any atom is 0.123 e. The Morgan fingerprint density at radius 3 is 3.08 bits per heavy atom. The van der Waals surface area contributed by atoms with Crippen molar-refractivity contribution in [1.29, 1.82) is 0 Å². The van der Waals surface area contributed by atoms with Crippen LogP contribution in [0.2, 0.25) is 0 Å². The molecule has 68 valence electrons. The van der Waals surface area contributed by atoms with Crippen LogP contribution in [-0.4, -0.2) is 6.29 Å². The van der Waals surface area contributed by atoms with E-state index in [0.29, 0.717) is 0 Å². The van der Waals surface area contributed by atoms with Gasteiger partial charge in [0.15, 0.2) is 0 Å². The predicted molar refractivity (Wildman–Crippen MR) is 55.7 cm³/mol. The van der Waals surface area contributed by atoms with Crippen molar-refractivity contribution in [3.8, 4) is 0 Å². The van der Waals surface area contributed by atoms with Gasteiger partial charge < -0.3 is 4.79 Å². The normalized spacial score (nSPS) is 20.8. The third-order valence-corrected chi connectivity index (χ3v) is 3.40. The van der Waals surface area contributed by atoms with Crippen LogP contribution in [0.15, 0.2) is 22.7 Å². The van der Waals surface area contributed by atoms with E-state index in [2.05, 4.69) is 28.1 Å². The Kier molecular flexibility index (Phi) is 2.49. The largest absolute Gasteiger partial charge is 0.303 e. The van der Waals surface area contributed by atoms with E-state index in [9.17, 15) is 4.79 Å². The van der Waals surface area contributed by atoms with Crippen LogP contribution >= 0.6 is 15.9 Å². The summed E-state index contributed by atoms with van der Waals surface area (Å²) in [5.74, 6) is 0.238. The molecule has 2 heteroatoms. The number of aldehydes is 1. The smallest absolute Gasteiger partial charge is 0.123 e. The lowest BCUT2D eigenvalue weighted by Gasteiger charge is -2.21. The van der Waals surface area contributed by atoms with Crippen molar-refractivity contribution in [2.45, 2.75) is 19.3 Å². The third kappa shape index (κ3) is 1.68. The molecule has 0 aliphatic heterocycles. The first-order chi connectivity index (χ1) is 6.31. The number of hydrogen-bond acceptors (Lipinski definition) is 1. The second-order valence-electron chi connectivity index (χ2n) is 3.52. The second kappa shape index (κ2) is 3.62. The van der Waals surface area contributed by atoms with Crippen molar-refractivity contribution in [2.75, 3.05) is 0 Å². The molecule has 0 heterocycles. The Labute approximate surface area is 86.3 Å². The zero-order chi connectivity index (χ0) is 9.26. The lowest BCUT2D eigenvalue weighted by atomic mass is 9.85. The quantitative estimate of drug-likeness (QED) is 0.688. The van der Waals surface area contributed by atoms with Gasteiger partial charge in [0.2, 0.25) is 0 Å². The van der Waals surface area contributed by atoms with Crippen molar-refractivity contribution >= 4 is 22.2 Å². The summed E-state index contributed by atoms with van der Waals surface area (Å²) < 4.78 is 1.19. The highest BCUT2D eigenvalue weighted by Gasteiger charge is 2.18. The standard InChI is InChI=1S/C11H11BrO/c12-11-3-1-2-9-6-8(7-13)4-5-10(9)11/h1-3,7-8H,4-6H2. The first kappa shape index (κ1) is 8.95. The van der Waals surface area contributed by atoms with Gasteiger partial charge in [0, 0.05) is 10.4 Å². The van der Waals surface area contributed by atoms with E-state index < -0.39 is 0 Å². The summed E-state index contributed by atoms with van der Waals surface area (Å²) in [4.78, 5) is 10.6. The fourth-order valence-electron chi connectivity index (χ4n) is 1.90. The minimum Gasteiger partial charge on any atom is -0.303 e. The van der Waals surface area contributed by atoms with Crippen LogP contribution in [-0.2, 0) is 17.6 Å². The molecule has 1 aliphatic carbocycles. The first-order valence-corrected chi connectivity index (χ1v) is 5.32. The Bertz CT molecular complexity index is 333. The fraction of sp³-hybridized carbons (Fsp3) is 0.364. The summed E-state index contributed by atoms with van der Waals surface area (Å²) in [5.41, 5.74) is 2.72. The van der Waals surface area contributed by atoms with Crippen LogP contribution in [0.25, 0.3) is 0 Å². The van der Waals surface area contributed by atoms with Crippen LogP contribution < -0.4 is 0 Å². The highest BCUT2D eigenvalue weighted by molar-refractivity contribution is 9.10. The molecule has 0 N–H and O–H groups in total. The van der Waals surface area contributed by atoms with Crippen molar-refractivity contribution in [3.63, 3.8) is 0 Å². The molecule has 1 aromatic rings. The molecule has 0 radical (unpaired) electrons. The molecule has 0 spiro atoms. The van der Waals surface area contributed by atoms with Crippen LogP contribution in [0, 0.1) is 5.92 Å². The monoisotopic (exact) mass is 238 g/mol. The van der Waals surface area contributed by atoms with Gasteiger partial charge >= 0.3 is 0 Å². The topological polar surface area (TPSA) is 17.1 Å². The van der Waals surface area contributed by atoms with Gasteiger partial charge in [-0.1, -0.05) is 28.1 Å². The SMILES string of the molecule is O=CC1CCc2c(Br)cccc2C1. The van der Waals surface area contributed by atoms with E-state index in [-0.39, 0.29) is 5.92 Å². The van der Waals surface area contributed by atoms with Gasteiger partial charge in [0.25, 0.3) is 0 Å². The van der Waals surface area contributed by atoms with Crippen molar-refractivity contribution in [2.24, 2.45) is 5.92 Å². The highest BCUT2D eigenvalue weighted by Crippen LogP contribution is 2.29. The van der Waals surface area contributed by atoms with Crippen LogP contribution in [0.4, 0.5) is 0 Å². The lowest BCUT2D eigenvalue weighted by Crippen LogP contribution is -2.15. The number of rotatable bonds is 1. The average Bonchev–Trinajstić information content (AvgIpc) is 2.18. The molecule has 0 saturated heterocycles. The molecule has 1 nitrogen and oxygen atoms in total. The number of hydrogen-bond donors (Lipinski definition) is 0. The Balaban J connectivity index is 2.36. The number of halogens is 1. The zero-order valence-corrected chi connectivity index (χ0v) is 8.88. The average molecular weight is 239 g/mol. The maximum absolute atomic E-state index is 10.6. The molecule has 0 amide bonds. The summed E-state index contributed by atoms with van der Waals surface area (Å²) >= 11 is 3.54. The van der Waals surface area contributed by atoms with E-state index >= 15 is 0 Å². The molecule has 13 heavy (non-hydrogen) atoms. The first-order valence-electron chi connectivity index (χ1n) is 4.53. The van der Waals surface area contributed by atoms with E-state index in [1.165, 1.54) is 15.6 Å². The molecule has 1 unspecified atom stereocenters. The Morgan fingerprint density at radius 1 is 1.46 bits per heavy atom.